The minimum absolute atomic E-state index is 0.300. The number of aliphatic hydroxyl groups excluding tert-OH is 1. The Morgan fingerprint density at radius 1 is 1.33 bits per heavy atom. The molecule has 0 aliphatic carbocycles. The van der Waals surface area contributed by atoms with E-state index in [-0.39, 0.29) is 0 Å². The van der Waals surface area contributed by atoms with Gasteiger partial charge in [0.1, 0.15) is 0 Å². The second-order valence-corrected chi connectivity index (χ2v) is 3.79. The molecule has 1 unspecified atom stereocenters. The fourth-order valence-corrected chi connectivity index (χ4v) is 1.38. The van der Waals surface area contributed by atoms with Gasteiger partial charge in [-0.1, -0.05) is 20.8 Å². The van der Waals surface area contributed by atoms with Crippen LogP contribution in [0.25, 0.3) is 0 Å². The highest BCUT2D eigenvalue weighted by Gasteiger charge is 2.08. The second-order valence-electron chi connectivity index (χ2n) is 3.79. The summed E-state index contributed by atoms with van der Waals surface area (Å²) in [6, 6.07) is 0.509. The fraction of sp³-hybridized carbons (Fsp3) is 1.00. The maximum atomic E-state index is 8.81. The Morgan fingerprint density at radius 2 is 2.00 bits per heavy atom. The zero-order valence-electron chi connectivity index (χ0n) is 8.64. The van der Waals surface area contributed by atoms with Crippen LogP contribution in [0.2, 0.25) is 0 Å². The van der Waals surface area contributed by atoms with Gasteiger partial charge >= 0.3 is 0 Å². The van der Waals surface area contributed by atoms with E-state index in [1.807, 2.05) is 0 Å². The first-order valence-electron chi connectivity index (χ1n) is 5.05. The summed E-state index contributed by atoms with van der Waals surface area (Å²) in [5, 5.41) is 12.3. The topological polar surface area (TPSA) is 32.3 Å². The molecule has 0 aromatic rings. The zero-order chi connectivity index (χ0) is 9.40. The lowest BCUT2D eigenvalue weighted by Crippen LogP contribution is -2.31. The predicted molar refractivity (Wildman–Crippen MR) is 53.2 cm³/mol. The van der Waals surface area contributed by atoms with Crippen LogP contribution in [0.1, 0.15) is 40.0 Å². The smallest absolute Gasteiger partial charge is 0.0445 e. The minimum atomic E-state index is 0.300. The van der Waals surface area contributed by atoms with Crippen molar-refractivity contribution in [3.8, 4) is 0 Å². The van der Waals surface area contributed by atoms with E-state index >= 15 is 0 Å². The molecular formula is C10H23NO. The summed E-state index contributed by atoms with van der Waals surface area (Å²) < 4.78 is 0. The lowest BCUT2D eigenvalue weighted by Gasteiger charge is -2.19. The van der Waals surface area contributed by atoms with Gasteiger partial charge in [-0.2, -0.15) is 0 Å². The molecule has 0 saturated heterocycles. The van der Waals surface area contributed by atoms with Crippen LogP contribution < -0.4 is 5.32 Å². The van der Waals surface area contributed by atoms with Gasteiger partial charge in [-0.25, -0.2) is 0 Å². The minimum Gasteiger partial charge on any atom is -0.396 e. The molecular weight excluding hydrogens is 150 g/mol. The third-order valence-corrected chi connectivity index (χ3v) is 1.92. The van der Waals surface area contributed by atoms with Gasteiger partial charge in [-0.3, -0.25) is 0 Å². The van der Waals surface area contributed by atoms with E-state index in [0.29, 0.717) is 18.6 Å². The maximum absolute atomic E-state index is 8.81. The van der Waals surface area contributed by atoms with E-state index in [0.717, 1.165) is 13.0 Å². The van der Waals surface area contributed by atoms with Crippen molar-refractivity contribution in [2.24, 2.45) is 5.92 Å². The van der Waals surface area contributed by atoms with Crippen molar-refractivity contribution in [2.75, 3.05) is 13.2 Å². The van der Waals surface area contributed by atoms with Crippen LogP contribution in [0.15, 0.2) is 0 Å². The lowest BCUT2D eigenvalue weighted by atomic mass is 10.0. The fourth-order valence-electron chi connectivity index (χ4n) is 1.38. The molecule has 0 heterocycles. The molecule has 1 atom stereocenters. The average Bonchev–Trinajstić information content (AvgIpc) is 2.00. The Bertz CT molecular complexity index is 93.8. The Hall–Kier alpha value is -0.0800. The summed E-state index contributed by atoms with van der Waals surface area (Å²) >= 11 is 0. The van der Waals surface area contributed by atoms with E-state index in [4.69, 9.17) is 5.11 Å². The molecule has 0 fully saturated rings. The van der Waals surface area contributed by atoms with E-state index < -0.39 is 0 Å². The highest BCUT2D eigenvalue weighted by atomic mass is 16.3. The van der Waals surface area contributed by atoms with Crippen molar-refractivity contribution >= 4 is 0 Å². The molecule has 0 aromatic carbocycles. The Morgan fingerprint density at radius 3 is 2.42 bits per heavy atom. The molecule has 2 nitrogen and oxygen atoms in total. The highest BCUT2D eigenvalue weighted by molar-refractivity contribution is 4.67. The molecule has 0 saturated carbocycles. The third-order valence-electron chi connectivity index (χ3n) is 1.92. The SMILES string of the molecule is CCCNC(CCO)CC(C)C. The van der Waals surface area contributed by atoms with Crippen molar-refractivity contribution in [1.82, 2.24) is 5.32 Å². The van der Waals surface area contributed by atoms with Gasteiger partial charge in [0.05, 0.1) is 0 Å². The van der Waals surface area contributed by atoms with Gasteiger partial charge in [0.25, 0.3) is 0 Å². The van der Waals surface area contributed by atoms with Crippen molar-refractivity contribution in [3.05, 3.63) is 0 Å². The standard InChI is InChI=1S/C10H23NO/c1-4-6-11-10(5-7-12)8-9(2)3/h9-12H,4-8H2,1-3H3. The normalized spacial score (nSPS) is 13.8. The van der Waals surface area contributed by atoms with E-state index in [2.05, 4.69) is 26.1 Å². The summed E-state index contributed by atoms with van der Waals surface area (Å²) in [4.78, 5) is 0. The molecule has 2 N–H and O–H groups in total. The maximum Gasteiger partial charge on any atom is 0.0445 e. The van der Waals surface area contributed by atoms with Gasteiger partial charge < -0.3 is 10.4 Å². The first-order valence-corrected chi connectivity index (χ1v) is 5.05. The number of hydrogen-bond acceptors (Lipinski definition) is 2. The molecule has 12 heavy (non-hydrogen) atoms. The molecule has 0 aliphatic rings. The van der Waals surface area contributed by atoms with Crippen molar-refractivity contribution in [2.45, 2.75) is 46.1 Å². The number of aliphatic hydroxyl groups is 1. The van der Waals surface area contributed by atoms with Crippen LogP contribution in [0.3, 0.4) is 0 Å². The van der Waals surface area contributed by atoms with Crippen molar-refractivity contribution in [3.63, 3.8) is 0 Å². The van der Waals surface area contributed by atoms with E-state index in [9.17, 15) is 0 Å². The molecule has 2 heteroatoms. The van der Waals surface area contributed by atoms with Crippen molar-refractivity contribution < 1.29 is 5.11 Å². The average molecular weight is 173 g/mol. The van der Waals surface area contributed by atoms with Crippen LogP contribution in [-0.4, -0.2) is 24.3 Å². The van der Waals surface area contributed by atoms with Crippen LogP contribution >= 0.6 is 0 Å². The summed E-state index contributed by atoms with van der Waals surface area (Å²) in [6.07, 6.45) is 3.22. The quantitative estimate of drug-likeness (QED) is 0.615. The highest BCUT2D eigenvalue weighted by Crippen LogP contribution is 2.07. The molecule has 0 amide bonds. The van der Waals surface area contributed by atoms with Crippen LogP contribution in [0.4, 0.5) is 0 Å². The third kappa shape index (κ3) is 6.62. The van der Waals surface area contributed by atoms with Gasteiger partial charge in [0.2, 0.25) is 0 Å². The van der Waals surface area contributed by atoms with E-state index in [1.165, 1.54) is 12.8 Å². The molecule has 0 radical (unpaired) electrons. The Labute approximate surface area is 76.4 Å². The van der Waals surface area contributed by atoms with Gasteiger partial charge in [0.15, 0.2) is 0 Å². The summed E-state index contributed by atoms with van der Waals surface area (Å²) in [7, 11) is 0. The summed E-state index contributed by atoms with van der Waals surface area (Å²) in [5.41, 5.74) is 0. The number of rotatable bonds is 7. The molecule has 0 bridgehead atoms. The number of hydrogen-bond donors (Lipinski definition) is 2. The molecule has 74 valence electrons. The lowest BCUT2D eigenvalue weighted by molar-refractivity contribution is 0.253. The second kappa shape index (κ2) is 7.56. The molecule has 0 aromatic heterocycles. The van der Waals surface area contributed by atoms with E-state index in [1.54, 1.807) is 0 Å². The first kappa shape index (κ1) is 11.9. The van der Waals surface area contributed by atoms with Gasteiger partial charge in [0, 0.05) is 12.6 Å². The van der Waals surface area contributed by atoms with Crippen LogP contribution in [0.5, 0.6) is 0 Å². The Balaban J connectivity index is 3.54. The zero-order valence-corrected chi connectivity index (χ0v) is 8.64. The molecule has 0 rings (SSSR count). The monoisotopic (exact) mass is 173 g/mol. The Kier molecular flexibility index (Phi) is 7.51. The van der Waals surface area contributed by atoms with Gasteiger partial charge in [-0.05, 0) is 31.7 Å². The van der Waals surface area contributed by atoms with Crippen LogP contribution in [0, 0.1) is 5.92 Å². The van der Waals surface area contributed by atoms with Crippen molar-refractivity contribution in [1.29, 1.82) is 0 Å². The summed E-state index contributed by atoms with van der Waals surface area (Å²) in [5.74, 6) is 0.714. The predicted octanol–water partition coefficient (Wildman–Crippen LogP) is 1.78. The molecule has 0 spiro atoms. The summed E-state index contributed by atoms with van der Waals surface area (Å²) in [6.45, 7) is 7.97. The molecule has 0 aliphatic heterocycles. The largest absolute Gasteiger partial charge is 0.396 e. The van der Waals surface area contributed by atoms with Gasteiger partial charge in [-0.15, -0.1) is 0 Å². The first-order chi connectivity index (χ1) is 5.70. The van der Waals surface area contributed by atoms with Crippen LogP contribution in [-0.2, 0) is 0 Å². The number of nitrogens with one attached hydrogen (secondary N) is 1.